The molecule has 1 aliphatic heterocycles. The lowest BCUT2D eigenvalue weighted by Gasteiger charge is -2.38. The maximum absolute atomic E-state index is 12.8. The molecule has 0 fully saturated rings. The minimum Gasteiger partial charge on any atom is -0.312 e. The summed E-state index contributed by atoms with van der Waals surface area (Å²) in [6.45, 7) is 2.69. The van der Waals surface area contributed by atoms with Crippen molar-refractivity contribution >= 4 is 45.1 Å². The Morgan fingerprint density at radius 1 is 1.23 bits per heavy atom. The largest absolute Gasteiger partial charge is 0.312 e. The maximum atomic E-state index is 12.8. The van der Waals surface area contributed by atoms with Crippen LogP contribution in [-0.2, 0) is 9.59 Å². The van der Waals surface area contributed by atoms with Crippen LogP contribution in [0.2, 0.25) is 0 Å². The van der Waals surface area contributed by atoms with E-state index in [4.69, 9.17) is 0 Å². The Bertz CT molecular complexity index is 899. The zero-order chi connectivity index (χ0) is 18.1. The molecule has 134 valence electrons. The highest BCUT2D eigenvalue weighted by molar-refractivity contribution is 8.01. The molecule has 2 aliphatic rings. The zero-order valence-electron chi connectivity index (χ0n) is 14.5. The van der Waals surface area contributed by atoms with E-state index in [1.165, 1.54) is 11.8 Å². The number of benzene rings is 1. The van der Waals surface area contributed by atoms with Crippen LogP contribution in [0.4, 0.5) is 0 Å². The number of nitrogens with zero attached hydrogens (tertiary/aromatic N) is 3. The molecule has 0 saturated heterocycles. The second-order valence-corrected chi connectivity index (χ2v) is 8.48. The summed E-state index contributed by atoms with van der Waals surface area (Å²) >= 11 is 3.11. The molecule has 1 aromatic heterocycles. The Morgan fingerprint density at radius 3 is 2.85 bits per heavy atom. The number of allylic oxidation sites excluding steroid dienone is 3. The normalized spacial score (nSPS) is 17.0. The third-order valence-corrected chi connectivity index (χ3v) is 6.72. The Labute approximate surface area is 160 Å². The molecule has 0 unspecified atom stereocenters. The summed E-state index contributed by atoms with van der Waals surface area (Å²) in [5.74, 6) is 0.473. The number of fused-ring (bicyclic) bond motifs is 1. The van der Waals surface area contributed by atoms with Gasteiger partial charge in [0.15, 0.2) is 4.34 Å². The second kappa shape index (κ2) is 7.25. The zero-order valence-corrected chi connectivity index (χ0v) is 16.1. The summed E-state index contributed by atoms with van der Waals surface area (Å²) in [5, 5.41) is 0. The van der Waals surface area contributed by atoms with Crippen molar-refractivity contribution in [1.29, 1.82) is 0 Å². The minimum absolute atomic E-state index is 0.0278. The molecule has 0 saturated carbocycles. The molecular weight excluding hydrogens is 366 g/mol. The highest BCUT2D eigenvalue weighted by atomic mass is 32.2. The van der Waals surface area contributed by atoms with E-state index >= 15 is 0 Å². The number of hydrogen-bond acceptors (Lipinski definition) is 5. The fourth-order valence-electron chi connectivity index (χ4n) is 3.33. The molecule has 0 radical (unpaired) electrons. The molecule has 0 spiro atoms. The van der Waals surface area contributed by atoms with Crippen molar-refractivity contribution in [2.24, 2.45) is 0 Å². The number of rotatable bonds is 3. The highest BCUT2D eigenvalue weighted by Gasteiger charge is 2.30. The lowest BCUT2D eigenvalue weighted by molar-refractivity contribution is -0.132. The van der Waals surface area contributed by atoms with Crippen molar-refractivity contribution in [2.75, 3.05) is 18.8 Å². The van der Waals surface area contributed by atoms with Crippen molar-refractivity contribution < 1.29 is 9.59 Å². The van der Waals surface area contributed by atoms with Gasteiger partial charge in [0.05, 0.1) is 21.7 Å². The van der Waals surface area contributed by atoms with E-state index in [0.29, 0.717) is 18.8 Å². The van der Waals surface area contributed by atoms with E-state index in [1.807, 2.05) is 35.2 Å². The number of thioether (sulfide) groups is 1. The highest BCUT2D eigenvalue weighted by Crippen LogP contribution is 2.32. The van der Waals surface area contributed by atoms with Gasteiger partial charge in [-0.15, -0.1) is 11.3 Å². The average Bonchev–Trinajstić information content (AvgIpc) is 3.08. The number of amides is 2. The second-order valence-electron chi connectivity index (χ2n) is 6.23. The Balaban J connectivity index is 1.50. The first-order chi connectivity index (χ1) is 12.6. The monoisotopic (exact) mass is 385 g/mol. The predicted molar refractivity (Wildman–Crippen MR) is 105 cm³/mol. The molecule has 0 N–H and O–H groups in total. The third kappa shape index (κ3) is 3.29. The van der Waals surface area contributed by atoms with E-state index in [1.54, 1.807) is 23.2 Å². The van der Waals surface area contributed by atoms with E-state index in [9.17, 15) is 9.59 Å². The predicted octanol–water partition coefficient (Wildman–Crippen LogP) is 3.64. The van der Waals surface area contributed by atoms with Gasteiger partial charge < -0.3 is 9.80 Å². The van der Waals surface area contributed by atoms with Gasteiger partial charge >= 0.3 is 0 Å². The first-order valence-electron chi connectivity index (χ1n) is 8.60. The van der Waals surface area contributed by atoms with Gasteiger partial charge in [0.25, 0.3) is 0 Å². The quantitative estimate of drug-likeness (QED) is 0.757. The summed E-state index contributed by atoms with van der Waals surface area (Å²) in [5.41, 5.74) is 2.84. The van der Waals surface area contributed by atoms with Crippen LogP contribution in [0, 0.1) is 0 Å². The van der Waals surface area contributed by atoms with Crippen LogP contribution in [0.1, 0.15) is 19.8 Å². The lowest BCUT2D eigenvalue weighted by Crippen LogP contribution is -2.46. The van der Waals surface area contributed by atoms with Gasteiger partial charge in [-0.3, -0.25) is 9.59 Å². The first-order valence-corrected chi connectivity index (χ1v) is 10.4. The number of carbonyl (C=O) groups is 2. The molecule has 1 aromatic carbocycles. The van der Waals surface area contributed by atoms with Gasteiger partial charge in [-0.25, -0.2) is 4.98 Å². The summed E-state index contributed by atoms with van der Waals surface area (Å²) in [4.78, 5) is 32.9. The van der Waals surface area contributed by atoms with Gasteiger partial charge in [0.2, 0.25) is 11.8 Å². The minimum atomic E-state index is 0.0278. The van der Waals surface area contributed by atoms with E-state index in [-0.39, 0.29) is 11.8 Å². The smallest absolute Gasteiger partial charge is 0.237 e. The van der Waals surface area contributed by atoms with Crippen molar-refractivity contribution in [3.63, 3.8) is 0 Å². The molecule has 0 atom stereocenters. The number of thiazole rings is 1. The molecule has 0 bridgehead atoms. The molecule has 4 rings (SSSR count). The SMILES string of the molecule is CC(=O)N1CCN(C(=O)CSc2nc3ccccc3s2)C2=C1C=CCC2. The van der Waals surface area contributed by atoms with Gasteiger partial charge in [-0.1, -0.05) is 30.0 Å². The molecular formula is C19H19N3O2S2. The molecule has 7 heteroatoms. The van der Waals surface area contributed by atoms with Gasteiger partial charge in [0, 0.05) is 25.7 Å². The summed E-state index contributed by atoms with van der Waals surface area (Å²) in [6.07, 6.45) is 5.74. The maximum Gasteiger partial charge on any atom is 0.237 e. The van der Waals surface area contributed by atoms with E-state index in [0.717, 1.165) is 38.8 Å². The molecule has 2 amide bonds. The number of aromatic nitrogens is 1. The van der Waals surface area contributed by atoms with Crippen molar-refractivity contribution in [2.45, 2.75) is 24.1 Å². The summed E-state index contributed by atoms with van der Waals surface area (Å²) in [6, 6.07) is 8.01. The van der Waals surface area contributed by atoms with Gasteiger partial charge in [0.1, 0.15) is 0 Å². The molecule has 2 aromatic rings. The first kappa shape index (κ1) is 17.3. The van der Waals surface area contributed by atoms with Crippen LogP contribution in [0.5, 0.6) is 0 Å². The van der Waals surface area contributed by atoms with Crippen molar-refractivity contribution in [3.05, 3.63) is 47.8 Å². The van der Waals surface area contributed by atoms with Gasteiger partial charge in [-0.05, 0) is 31.1 Å². The standard InChI is InChI=1S/C19H19N3O2S2/c1-13(23)21-10-11-22(16-8-4-3-7-15(16)21)18(24)12-25-19-20-14-6-2-5-9-17(14)26-19/h2-3,5-7,9H,4,8,10-12H2,1H3. The van der Waals surface area contributed by atoms with Gasteiger partial charge in [-0.2, -0.15) is 0 Å². The lowest BCUT2D eigenvalue weighted by atomic mass is 10.0. The summed E-state index contributed by atoms with van der Waals surface area (Å²) in [7, 11) is 0. The number of hydrogen-bond donors (Lipinski definition) is 0. The van der Waals surface area contributed by atoms with Crippen LogP contribution < -0.4 is 0 Å². The van der Waals surface area contributed by atoms with Crippen LogP contribution >= 0.6 is 23.1 Å². The Morgan fingerprint density at radius 2 is 2.04 bits per heavy atom. The third-order valence-electron chi connectivity index (χ3n) is 4.56. The number of carbonyl (C=O) groups excluding carboxylic acids is 2. The number of para-hydroxylation sites is 1. The topological polar surface area (TPSA) is 53.5 Å². The fraction of sp³-hybridized carbons (Fsp3) is 0.316. The Kier molecular flexibility index (Phi) is 4.82. The summed E-state index contributed by atoms with van der Waals surface area (Å²) < 4.78 is 2.06. The fourth-order valence-corrected chi connectivity index (χ4v) is 5.27. The Hall–Kier alpha value is -2.12. The van der Waals surface area contributed by atoms with E-state index in [2.05, 4.69) is 11.1 Å². The molecule has 26 heavy (non-hydrogen) atoms. The molecule has 5 nitrogen and oxygen atoms in total. The molecule has 1 aliphatic carbocycles. The van der Waals surface area contributed by atoms with Crippen molar-refractivity contribution in [1.82, 2.24) is 14.8 Å². The van der Waals surface area contributed by atoms with Crippen LogP contribution in [0.25, 0.3) is 10.2 Å². The van der Waals surface area contributed by atoms with Crippen molar-refractivity contribution in [3.8, 4) is 0 Å². The average molecular weight is 386 g/mol. The van der Waals surface area contributed by atoms with Crippen LogP contribution in [0.15, 0.2) is 52.2 Å². The molecule has 2 heterocycles. The van der Waals surface area contributed by atoms with Crippen LogP contribution in [0.3, 0.4) is 0 Å². The van der Waals surface area contributed by atoms with E-state index < -0.39 is 0 Å². The van der Waals surface area contributed by atoms with Crippen LogP contribution in [-0.4, -0.2) is 45.4 Å².